The molecule has 1 aromatic carbocycles. The van der Waals surface area contributed by atoms with Crippen molar-refractivity contribution in [3.63, 3.8) is 0 Å². The lowest BCUT2D eigenvalue weighted by Crippen LogP contribution is -2.47. The fourth-order valence-electron chi connectivity index (χ4n) is 3.12. The first-order valence-electron chi connectivity index (χ1n) is 9.02. The minimum atomic E-state index is -0.905. The minimum Gasteiger partial charge on any atom is -0.481 e. The van der Waals surface area contributed by atoms with E-state index in [1.807, 2.05) is 20.8 Å². The molecular weight excluding hydrogens is 332 g/mol. The van der Waals surface area contributed by atoms with Crippen LogP contribution >= 0.6 is 0 Å². The van der Waals surface area contributed by atoms with Gasteiger partial charge in [-0.2, -0.15) is 0 Å². The molecule has 0 bridgehead atoms. The van der Waals surface area contributed by atoms with Gasteiger partial charge < -0.3 is 15.3 Å². The molecule has 142 valence electrons. The number of likely N-dealkylation sites (tertiary alicyclic amines) is 1. The number of hydrogen-bond donors (Lipinski definition) is 2. The van der Waals surface area contributed by atoms with Gasteiger partial charge in [-0.05, 0) is 37.5 Å². The number of carboxylic acid groups (broad SMARTS) is 1. The van der Waals surface area contributed by atoms with Gasteiger partial charge in [0.2, 0.25) is 11.8 Å². The van der Waals surface area contributed by atoms with Gasteiger partial charge in [0.1, 0.15) is 0 Å². The largest absolute Gasteiger partial charge is 0.481 e. The van der Waals surface area contributed by atoms with E-state index < -0.39 is 17.3 Å². The van der Waals surface area contributed by atoms with Crippen LogP contribution in [0.15, 0.2) is 24.3 Å². The fourth-order valence-corrected chi connectivity index (χ4v) is 3.12. The Morgan fingerprint density at radius 2 is 1.96 bits per heavy atom. The summed E-state index contributed by atoms with van der Waals surface area (Å²) in [5.74, 6) is -1.86. The number of piperidine rings is 1. The smallest absolute Gasteiger partial charge is 0.310 e. The Balaban J connectivity index is 2.04. The van der Waals surface area contributed by atoms with Crippen LogP contribution < -0.4 is 5.32 Å². The van der Waals surface area contributed by atoms with Crippen molar-refractivity contribution in [2.24, 2.45) is 11.3 Å². The Hall–Kier alpha value is -2.37. The number of benzene rings is 1. The van der Waals surface area contributed by atoms with Crippen LogP contribution in [0.25, 0.3) is 0 Å². The van der Waals surface area contributed by atoms with E-state index in [4.69, 9.17) is 5.11 Å². The zero-order chi connectivity index (χ0) is 19.5. The van der Waals surface area contributed by atoms with E-state index in [2.05, 4.69) is 5.32 Å². The third-order valence-corrected chi connectivity index (χ3v) is 4.75. The Morgan fingerprint density at radius 1 is 1.27 bits per heavy atom. The molecule has 2 N–H and O–H groups in total. The van der Waals surface area contributed by atoms with E-state index in [9.17, 15) is 14.4 Å². The number of carboxylic acids is 1. The Bertz CT molecular complexity index is 693. The first-order valence-corrected chi connectivity index (χ1v) is 9.02. The number of carbonyl (C=O) groups is 3. The van der Waals surface area contributed by atoms with E-state index in [1.54, 1.807) is 36.1 Å². The van der Waals surface area contributed by atoms with Crippen molar-refractivity contribution >= 4 is 23.5 Å². The second-order valence-corrected chi connectivity index (χ2v) is 8.01. The van der Waals surface area contributed by atoms with Gasteiger partial charge in [0.05, 0.1) is 11.8 Å². The van der Waals surface area contributed by atoms with Gasteiger partial charge in [0.25, 0.3) is 0 Å². The summed E-state index contributed by atoms with van der Waals surface area (Å²) >= 11 is 0. The molecule has 6 nitrogen and oxygen atoms in total. The van der Waals surface area contributed by atoms with Crippen LogP contribution in [0.3, 0.4) is 0 Å². The average molecular weight is 360 g/mol. The molecule has 0 radical (unpaired) electrons. The molecule has 2 unspecified atom stereocenters. The van der Waals surface area contributed by atoms with Crippen molar-refractivity contribution in [2.45, 2.75) is 46.5 Å². The van der Waals surface area contributed by atoms with Gasteiger partial charge in [-0.15, -0.1) is 0 Å². The Labute approximate surface area is 154 Å². The molecule has 26 heavy (non-hydrogen) atoms. The van der Waals surface area contributed by atoms with Crippen LogP contribution in [0.5, 0.6) is 0 Å². The van der Waals surface area contributed by atoms with Crippen molar-refractivity contribution in [1.82, 2.24) is 4.90 Å². The highest BCUT2D eigenvalue weighted by Gasteiger charge is 2.33. The molecule has 0 saturated carbocycles. The van der Waals surface area contributed by atoms with Gasteiger partial charge in [-0.1, -0.05) is 32.9 Å². The zero-order valence-electron chi connectivity index (χ0n) is 15.9. The Morgan fingerprint density at radius 3 is 2.58 bits per heavy atom. The lowest BCUT2D eigenvalue weighted by atomic mass is 9.91. The summed E-state index contributed by atoms with van der Waals surface area (Å²) < 4.78 is 0. The van der Waals surface area contributed by atoms with Gasteiger partial charge >= 0.3 is 5.97 Å². The van der Waals surface area contributed by atoms with Crippen molar-refractivity contribution < 1.29 is 19.5 Å². The van der Waals surface area contributed by atoms with Gasteiger partial charge in [0.15, 0.2) is 0 Å². The predicted molar refractivity (Wildman–Crippen MR) is 99.9 cm³/mol. The molecule has 2 rings (SSSR count). The summed E-state index contributed by atoms with van der Waals surface area (Å²) in [5, 5.41) is 12.0. The van der Waals surface area contributed by atoms with E-state index in [0.29, 0.717) is 24.3 Å². The molecule has 0 aromatic heterocycles. The molecule has 2 atom stereocenters. The third kappa shape index (κ3) is 4.84. The van der Waals surface area contributed by atoms with E-state index in [0.717, 1.165) is 12.8 Å². The van der Waals surface area contributed by atoms with Crippen molar-refractivity contribution in [3.05, 3.63) is 29.8 Å². The second kappa shape index (κ2) is 7.89. The summed E-state index contributed by atoms with van der Waals surface area (Å²) in [6.45, 7) is 8.37. The SMILES string of the molecule is CC(C(=O)O)c1cccc(NC(=O)C2CCCN(C(=O)C(C)(C)C)C2)c1. The molecule has 0 spiro atoms. The molecule has 1 aliphatic heterocycles. The number of anilines is 1. The Kier molecular flexibility index (Phi) is 6.05. The summed E-state index contributed by atoms with van der Waals surface area (Å²) in [6.07, 6.45) is 1.54. The first-order chi connectivity index (χ1) is 12.1. The van der Waals surface area contributed by atoms with E-state index >= 15 is 0 Å². The van der Waals surface area contributed by atoms with E-state index in [1.165, 1.54) is 0 Å². The normalized spacial score (nSPS) is 18.9. The molecule has 0 aliphatic carbocycles. The standard InChI is InChI=1S/C20H28N2O4/c1-13(18(24)25)14-7-5-9-16(11-14)21-17(23)15-8-6-10-22(12-15)19(26)20(2,3)4/h5,7,9,11,13,15H,6,8,10,12H2,1-4H3,(H,21,23)(H,24,25). The van der Waals surface area contributed by atoms with Crippen LogP contribution in [0, 0.1) is 11.3 Å². The monoisotopic (exact) mass is 360 g/mol. The highest BCUT2D eigenvalue weighted by atomic mass is 16.4. The van der Waals surface area contributed by atoms with E-state index in [-0.39, 0.29) is 17.7 Å². The highest BCUT2D eigenvalue weighted by Crippen LogP contribution is 2.25. The number of amides is 2. The molecule has 1 fully saturated rings. The molecule has 1 aromatic rings. The van der Waals surface area contributed by atoms with Gasteiger partial charge in [0, 0.05) is 24.2 Å². The molecular formula is C20H28N2O4. The van der Waals surface area contributed by atoms with Crippen LogP contribution in [-0.4, -0.2) is 40.9 Å². The third-order valence-electron chi connectivity index (χ3n) is 4.75. The van der Waals surface area contributed by atoms with Crippen LogP contribution in [-0.2, 0) is 14.4 Å². The fraction of sp³-hybridized carbons (Fsp3) is 0.550. The van der Waals surface area contributed by atoms with Crippen molar-refractivity contribution in [3.8, 4) is 0 Å². The summed E-state index contributed by atoms with van der Waals surface area (Å²) in [7, 11) is 0. The number of hydrogen-bond acceptors (Lipinski definition) is 3. The first kappa shape index (κ1) is 19.9. The van der Waals surface area contributed by atoms with Crippen molar-refractivity contribution in [2.75, 3.05) is 18.4 Å². The molecule has 6 heteroatoms. The highest BCUT2D eigenvalue weighted by molar-refractivity contribution is 5.93. The van der Waals surface area contributed by atoms with Gasteiger partial charge in [-0.3, -0.25) is 14.4 Å². The molecule has 1 saturated heterocycles. The number of aliphatic carboxylic acids is 1. The quantitative estimate of drug-likeness (QED) is 0.864. The van der Waals surface area contributed by atoms with Gasteiger partial charge in [-0.25, -0.2) is 0 Å². The van der Waals surface area contributed by atoms with Crippen LogP contribution in [0.2, 0.25) is 0 Å². The van der Waals surface area contributed by atoms with Crippen molar-refractivity contribution in [1.29, 1.82) is 0 Å². The maximum absolute atomic E-state index is 12.6. The maximum Gasteiger partial charge on any atom is 0.310 e. The summed E-state index contributed by atoms with van der Waals surface area (Å²) in [5.41, 5.74) is 0.767. The van der Waals surface area contributed by atoms with Crippen LogP contribution in [0.4, 0.5) is 5.69 Å². The number of nitrogens with zero attached hydrogens (tertiary/aromatic N) is 1. The number of rotatable bonds is 4. The lowest BCUT2D eigenvalue weighted by molar-refractivity contribution is -0.142. The second-order valence-electron chi connectivity index (χ2n) is 8.01. The maximum atomic E-state index is 12.6. The summed E-state index contributed by atoms with van der Waals surface area (Å²) in [4.78, 5) is 38.0. The molecule has 2 amide bonds. The number of nitrogens with one attached hydrogen (secondary N) is 1. The lowest BCUT2D eigenvalue weighted by Gasteiger charge is -2.35. The predicted octanol–water partition coefficient (Wildman–Crippen LogP) is 3.10. The topological polar surface area (TPSA) is 86.7 Å². The van der Waals surface area contributed by atoms with Crippen LogP contribution in [0.1, 0.15) is 52.0 Å². The molecule has 1 heterocycles. The average Bonchev–Trinajstić information content (AvgIpc) is 2.59. The minimum absolute atomic E-state index is 0.0623. The molecule has 1 aliphatic rings. The summed E-state index contributed by atoms with van der Waals surface area (Å²) in [6, 6.07) is 6.91. The number of carbonyl (C=O) groups excluding carboxylic acids is 2. The zero-order valence-corrected chi connectivity index (χ0v) is 15.9.